The van der Waals surface area contributed by atoms with E-state index in [4.69, 9.17) is 11.6 Å². The Morgan fingerprint density at radius 3 is 2.50 bits per heavy atom. The molecule has 0 N–H and O–H groups in total. The highest BCUT2D eigenvalue weighted by Crippen LogP contribution is 2.29. The Kier molecular flexibility index (Phi) is 3.16. The Morgan fingerprint density at radius 2 is 2.07 bits per heavy atom. The zero-order chi connectivity index (χ0) is 10.9. The summed E-state index contributed by atoms with van der Waals surface area (Å²) < 4.78 is 35.9. The molecule has 0 aliphatic rings. The van der Waals surface area contributed by atoms with E-state index in [1.165, 1.54) is 6.20 Å². The van der Waals surface area contributed by atoms with E-state index in [1.54, 1.807) is 0 Å². The summed E-state index contributed by atoms with van der Waals surface area (Å²) in [5.74, 6) is -2.01. The van der Waals surface area contributed by atoms with Gasteiger partial charge in [0.05, 0.1) is 10.6 Å². The molecular weight excluding hydrogens is 286 g/mol. The van der Waals surface area contributed by atoms with Crippen LogP contribution in [0, 0.1) is 0 Å². The first-order valence-corrected chi connectivity index (χ1v) is 4.42. The summed E-state index contributed by atoms with van der Waals surface area (Å²) in [5, 5.41) is -0.283. The average Bonchev–Trinajstić information content (AvgIpc) is 2.01. The Balaban J connectivity index is 3.26. The Labute approximate surface area is 90.2 Å². The summed E-state index contributed by atoms with van der Waals surface area (Å²) in [6.45, 7) is 0. The molecule has 14 heavy (non-hydrogen) atoms. The van der Waals surface area contributed by atoms with Crippen LogP contribution in [0.4, 0.5) is 13.2 Å². The first kappa shape index (κ1) is 11.5. The van der Waals surface area contributed by atoms with E-state index in [0.29, 0.717) is 0 Å². The van der Waals surface area contributed by atoms with Crippen LogP contribution in [0.3, 0.4) is 0 Å². The summed E-state index contributed by atoms with van der Waals surface area (Å²) in [6.07, 6.45) is -3.76. The van der Waals surface area contributed by atoms with E-state index in [1.807, 2.05) is 0 Å². The van der Waals surface area contributed by atoms with Gasteiger partial charge in [-0.25, -0.2) is 4.98 Å². The molecule has 0 aliphatic heterocycles. The molecule has 0 bridgehead atoms. The SMILES string of the molecule is O=C(c1c(Cl)ccnc1Br)C(F)(F)F. The second-order valence-electron chi connectivity index (χ2n) is 2.29. The second-order valence-corrected chi connectivity index (χ2v) is 3.44. The first-order chi connectivity index (χ1) is 6.34. The monoisotopic (exact) mass is 287 g/mol. The number of nitrogens with zero attached hydrogens (tertiary/aromatic N) is 1. The lowest BCUT2D eigenvalue weighted by Gasteiger charge is -2.07. The Hall–Kier alpha value is -0.620. The van der Waals surface area contributed by atoms with Crippen molar-refractivity contribution in [2.75, 3.05) is 0 Å². The number of ketones is 1. The topological polar surface area (TPSA) is 30.0 Å². The van der Waals surface area contributed by atoms with Crippen molar-refractivity contribution in [2.24, 2.45) is 0 Å². The molecule has 0 radical (unpaired) electrons. The molecule has 0 aromatic carbocycles. The number of carbonyl (C=O) groups excluding carboxylic acids is 1. The van der Waals surface area contributed by atoms with Gasteiger partial charge in [-0.1, -0.05) is 11.6 Å². The predicted octanol–water partition coefficient (Wildman–Crippen LogP) is 3.24. The van der Waals surface area contributed by atoms with Crippen molar-refractivity contribution in [3.63, 3.8) is 0 Å². The van der Waals surface area contributed by atoms with Gasteiger partial charge in [0.15, 0.2) is 0 Å². The summed E-state index contributed by atoms with van der Waals surface area (Å²) in [4.78, 5) is 14.3. The van der Waals surface area contributed by atoms with Crippen molar-refractivity contribution in [1.82, 2.24) is 4.98 Å². The zero-order valence-electron chi connectivity index (χ0n) is 6.40. The largest absolute Gasteiger partial charge is 0.455 e. The lowest BCUT2D eigenvalue weighted by Crippen LogP contribution is -2.23. The molecule has 2 nitrogen and oxygen atoms in total. The first-order valence-electron chi connectivity index (χ1n) is 3.25. The molecule has 76 valence electrons. The van der Waals surface area contributed by atoms with Crippen LogP contribution in [0.1, 0.15) is 10.4 Å². The van der Waals surface area contributed by atoms with Gasteiger partial charge in [-0.05, 0) is 22.0 Å². The van der Waals surface area contributed by atoms with Crippen LogP contribution in [0.5, 0.6) is 0 Å². The van der Waals surface area contributed by atoms with Crippen molar-refractivity contribution < 1.29 is 18.0 Å². The van der Waals surface area contributed by atoms with E-state index in [0.717, 1.165) is 6.07 Å². The highest BCUT2D eigenvalue weighted by molar-refractivity contribution is 9.10. The van der Waals surface area contributed by atoms with Crippen LogP contribution in [0.15, 0.2) is 16.9 Å². The molecule has 7 heteroatoms. The minimum Gasteiger partial charge on any atom is -0.284 e. The minimum atomic E-state index is -4.95. The molecule has 0 saturated carbocycles. The lowest BCUT2D eigenvalue weighted by molar-refractivity contribution is -0.0885. The van der Waals surface area contributed by atoms with Gasteiger partial charge in [-0.2, -0.15) is 13.2 Å². The summed E-state index contributed by atoms with van der Waals surface area (Å²) in [7, 11) is 0. The number of hydrogen-bond donors (Lipinski definition) is 0. The van der Waals surface area contributed by atoms with Crippen molar-refractivity contribution >= 4 is 33.3 Å². The van der Waals surface area contributed by atoms with E-state index >= 15 is 0 Å². The maximum absolute atomic E-state index is 12.0. The van der Waals surface area contributed by atoms with Gasteiger partial charge in [0, 0.05) is 6.20 Å². The van der Waals surface area contributed by atoms with Gasteiger partial charge < -0.3 is 0 Å². The second kappa shape index (κ2) is 3.86. The summed E-state index contributed by atoms with van der Waals surface area (Å²) in [6, 6.07) is 1.12. The number of rotatable bonds is 1. The van der Waals surface area contributed by atoms with Gasteiger partial charge in [-0.15, -0.1) is 0 Å². The van der Waals surface area contributed by atoms with E-state index in [-0.39, 0.29) is 9.63 Å². The van der Waals surface area contributed by atoms with Crippen LogP contribution in [0.2, 0.25) is 5.02 Å². The number of alkyl halides is 3. The van der Waals surface area contributed by atoms with Crippen LogP contribution < -0.4 is 0 Å². The number of carbonyl (C=O) groups is 1. The maximum Gasteiger partial charge on any atom is 0.455 e. The molecule has 1 heterocycles. The number of hydrogen-bond acceptors (Lipinski definition) is 2. The van der Waals surface area contributed by atoms with Crippen molar-refractivity contribution in [3.8, 4) is 0 Å². The van der Waals surface area contributed by atoms with Crippen molar-refractivity contribution in [3.05, 3.63) is 27.5 Å². The summed E-state index contributed by atoms with van der Waals surface area (Å²) in [5.41, 5.74) is -0.665. The lowest BCUT2D eigenvalue weighted by atomic mass is 10.2. The fourth-order valence-electron chi connectivity index (χ4n) is 0.758. The Morgan fingerprint density at radius 1 is 1.50 bits per heavy atom. The highest BCUT2D eigenvalue weighted by atomic mass is 79.9. The quantitative estimate of drug-likeness (QED) is 0.586. The molecule has 1 aromatic rings. The number of Topliss-reactive ketones (excluding diaryl/α,β-unsaturated/α-hetero) is 1. The number of aromatic nitrogens is 1. The number of halogens is 5. The minimum absolute atomic E-state index is 0.215. The van der Waals surface area contributed by atoms with E-state index in [2.05, 4.69) is 20.9 Å². The molecule has 0 fully saturated rings. The van der Waals surface area contributed by atoms with Crippen LogP contribution in [0.25, 0.3) is 0 Å². The molecule has 0 amide bonds. The van der Waals surface area contributed by atoms with Crippen molar-refractivity contribution in [2.45, 2.75) is 6.18 Å². The molecular formula is C7H2BrClF3NO. The maximum atomic E-state index is 12.0. The summed E-state index contributed by atoms with van der Waals surface area (Å²) >= 11 is 8.16. The van der Waals surface area contributed by atoms with Gasteiger partial charge in [0.2, 0.25) is 0 Å². The molecule has 0 unspecified atom stereocenters. The van der Waals surface area contributed by atoms with E-state index in [9.17, 15) is 18.0 Å². The third-order valence-electron chi connectivity index (χ3n) is 1.34. The normalized spacial score (nSPS) is 11.5. The van der Waals surface area contributed by atoms with Gasteiger partial charge in [0.25, 0.3) is 5.78 Å². The van der Waals surface area contributed by atoms with Crippen LogP contribution in [-0.2, 0) is 0 Å². The molecule has 1 aromatic heterocycles. The standard InChI is InChI=1S/C7H2BrClF3NO/c8-6-4(3(9)1-2-13-6)5(14)7(10,11)12/h1-2H. The third-order valence-corrected chi connectivity index (χ3v) is 2.25. The molecule has 0 aliphatic carbocycles. The molecule has 0 spiro atoms. The molecule has 1 rings (SSSR count). The third kappa shape index (κ3) is 2.24. The average molecular weight is 288 g/mol. The van der Waals surface area contributed by atoms with Gasteiger partial charge in [-0.3, -0.25) is 4.79 Å². The smallest absolute Gasteiger partial charge is 0.284 e. The Bertz CT molecular complexity index is 359. The molecule has 0 atom stereocenters. The fourth-order valence-corrected chi connectivity index (χ4v) is 1.62. The molecule has 0 saturated heterocycles. The predicted molar refractivity (Wildman–Crippen MR) is 47.3 cm³/mol. The fraction of sp³-hybridized carbons (Fsp3) is 0.143. The van der Waals surface area contributed by atoms with Gasteiger partial charge in [0.1, 0.15) is 4.60 Å². The zero-order valence-corrected chi connectivity index (χ0v) is 8.74. The van der Waals surface area contributed by atoms with Crippen LogP contribution >= 0.6 is 27.5 Å². The van der Waals surface area contributed by atoms with E-state index < -0.39 is 17.5 Å². The van der Waals surface area contributed by atoms with Crippen LogP contribution in [-0.4, -0.2) is 16.9 Å². The highest BCUT2D eigenvalue weighted by Gasteiger charge is 2.41. The van der Waals surface area contributed by atoms with Crippen molar-refractivity contribution in [1.29, 1.82) is 0 Å². The number of pyridine rings is 1. The van der Waals surface area contributed by atoms with Gasteiger partial charge >= 0.3 is 6.18 Å².